The summed E-state index contributed by atoms with van der Waals surface area (Å²) in [5, 5.41) is 8.50. The van der Waals surface area contributed by atoms with Crippen molar-refractivity contribution in [2.75, 3.05) is 18.4 Å². The van der Waals surface area contributed by atoms with Crippen molar-refractivity contribution in [2.45, 2.75) is 96.0 Å². The van der Waals surface area contributed by atoms with Gasteiger partial charge in [0, 0.05) is 25.2 Å². The van der Waals surface area contributed by atoms with Crippen LogP contribution in [0.4, 0.5) is 10.5 Å². The maximum atomic E-state index is 13.7. The minimum atomic E-state index is -1.40. The molecule has 11 heteroatoms. The predicted molar refractivity (Wildman–Crippen MR) is 170 cm³/mol. The van der Waals surface area contributed by atoms with Crippen molar-refractivity contribution >= 4 is 35.4 Å². The van der Waals surface area contributed by atoms with E-state index in [1.165, 1.54) is 9.80 Å². The average Bonchev–Trinajstić information content (AvgIpc) is 3.67. The van der Waals surface area contributed by atoms with Gasteiger partial charge in [0.05, 0.1) is 0 Å². The van der Waals surface area contributed by atoms with Crippen LogP contribution in [0.5, 0.6) is 0 Å². The number of benzene rings is 2. The summed E-state index contributed by atoms with van der Waals surface area (Å²) in [7, 11) is 0. The first kappa shape index (κ1) is 33.5. The van der Waals surface area contributed by atoms with E-state index in [0.29, 0.717) is 44.5 Å². The van der Waals surface area contributed by atoms with E-state index in [9.17, 15) is 24.0 Å². The highest BCUT2D eigenvalue weighted by Crippen LogP contribution is 2.27. The van der Waals surface area contributed by atoms with Gasteiger partial charge >= 0.3 is 6.09 Å². The molecule has 0 aromatic heterocycles. The fraction of sp³-hybridized carbons (Fsp3) is 0.500. The molecule has 0 bridgehead atoms. The van der Waals surface area contributed by atoms with E-state index in [-0.39, 0.29) is 18.2 Å². The highest BCUT2D eigenvalue weighted by atomic mass is 16.6. The molecule has 4 rings (SSSR count). The number of carbonyl (C=O) groups is 5. The number of hydrogen-bond acceptors (Lipinski definition) is 6. The van der Waals surface area contributed by atoms with Crippen LogP contribution in [0.1, 0.15) is 65.9 Å². The number of nitrogens with zero attached hydrogens (tertiary/aromatic N) is 2. The Balaban J connectivity index is 1.43. The van der Waals surface area contributed by atoms with Crippen LogP contribution >= 0.6 is 0 Å². The molecule has 3 N–H and O–H groups in total. The zero-order valence-electron chi connectivity index (χ0n) is 26.8. The van der Waals surface area contributed by atoms with Gasteiger partial charge in [0.2, 0.25) is 23.6 Å². The van der Waals surface area contributed by atoms with Crippen LogP contribution in [-0.2, 0) is 30.3 Å². The molecule has 5 amide bonds. The summed E-state index contributed by atoms with van der Waals surface area (Å²) in [6.45, 7) is 9.24. The molecule has 0 saturated carbocycles. The maximum absolute atomic E-state index is 13.7. The molecular weight excluding hydrogens is 574 g/mol. The average molecular weight is 620 g/mol. The largest absolute Gasteiger partial charge is 0.444 e. The van der Waals surface area contributed by atoms with Crippen molar-refractivity contribution < 1.29 is 28.7 Å². The van der Waals surface area contributed by atoms with Gasteiger partial charge in [-0.15, -0.1) is 0 Å². The van der Waals surface area contributed by atoms with Gasteiger partial charge in [0.1, 0.15) is 29.3 Å². The Morgan fingerprint density at radius 2 is 1.40 bits per heavy atom. The normalized spacial score (nSPS) is 19.0. The molecule has 2 aliphatic heterocycles. The molecule has 3 unspecified atom stereocenters. The van der Waals surface area contributed by atoms with Crippen LogP contribution in [0.2, 0.25) is 0 Å². The van der Waals surface area contributed by atoms with Crippen molar-refractivity contribution in [3.63, 3.8) is 0 Å². The number of ether oxygens (including phenoxy) is 1. The number of nitrogens with one attached hydrogen (secondary N) is 3. The van der Waals surface area contributed by atoms with Gasteiger partial charge in [-0.2, -0.15) is 0 Å². The molecule has 2 aromatic rings. The Bertz CT molecular complexity index is 1370. The Hall–Kier alpha value is -4.41. The van der Waals surface area contributed by atoms with Crippen LogP contribution in [0.15, 0.2) is 60.7 Å². The van der Waals surface area contributed by atoms with Crippen LogP contribution in [0.25, 0.3) is 0 Å². The van der Waals surface area contributed by atoms with Gasteiger partial charge in [0.15, 0.2) is 0 Å². The lowest BCUT2D eigenvalue weighted by atomic mass is 10.00. The van der Waals surface area contributed by atoms with E-state index in [4.69, 9.17) is 4.74 Å². The third-order valence-corrected chi connectivity index (χ3v) is 7.95. The summed E-state index contributed by atoms with van der Waals surface area (Å²) < 4.78 is 5.51. The predicted octanol–water partition coefficient (Wildman–Crippen LogP) is 3.64. The smallest absolute Gasteiger partial charge is 0.410 e. The molecule has 2 fully saturated rings. The first-order chi connectivity index (χ1) is 21.2. The number of hydrogen-bond donors (Lipinski definition) is 3. The molecule has 2 heterocycles. The van der Waals surface area contributed by atoms with E-state index in [0.717, 1.165) is 5.56 Å². The molecule has 242 valence electrons. The van der Waals surface area contributed by atoms with E-state index < -0.39 is 47.2 Å². The van der Waals surface area contributed by atoms with E-state index in [2.05, 4.69) is 16.0 Å². The highest BCUT2D eigenvalue weighted by molar-refractivity contribution is 6.00. The van der Waals surface area contributed by atoms with Gasteiger partial charge in [-0.1, -0.05) is 48.5 Å². The Morgan fingerprint density at radius 3 is 2.02 bits per heavy atom. The topological polar surface area (TPSA) is 137 Å². The maximum Gasteiger partial charge on any atom is 0.410 e. The molecule has 0 spiro atoms. The fourth-order valence-electron chi connectivity index (χ4n) is 5.65. The number of amides is 5. The van der Waals surface area contributed by atoms with Crippen LogP contribution < -0.4 is 16.0 Å². The van der Waals surface area contributed by atoms with Gasteiger partial charge in [-0.25, -0.2) is 4.79 Å². The minimum Gasteiger partial charge on any atom is -0.444 e. The van der Waals surface area contributed by atoms with Crippen LogP contribution in [-0.4, -0.2) is 81.9 Å². The van der Waals surface area contributed by atoms with Crippen molar-refractivity contribution in [1.29, 1.82) is 0 Å². The van der Waals surface area contributed by atoms with Crippen molar-refractivity contribution in [3.05, 3.63) is 66.2 Å². The van der Waals surface area contributed by atoms with Crippen LogP contribution in [0, 0.1) is 0 Å². The molecule has 2 saturated heterocycles. The molecule has 11 nitrogen and oxygen atoms in total. The van der Waals surface area contributed by atoms with Gasteiger partial charge < -0.3 is 25.6 Å². The highest BCUT2D eigenvalue weighted by Gasteiger charge is 2.44. The van der Waals surface area contributed by atoms with Crippen molar-refractivity contribution in [1.82, 2.24) is 20.4 Å². The molecular formula is C34H45N5O6. The molecule has 2 aliphatic rings. The van der Waals surface area contributed by atoms with Gasteiger partial charge in [-0.05, 0) is 78.0 Å². The number of likely N-dealkylation sites (tertiary alicyclic amines) is 2. The molecule has 2 aromatic carbocycles. The summed E-state index contributed by atoms with van der Waals surface area (Å²) in [4.78, 5) is 69.9. The number of para-hydroxylation sites is 1. The summed E-state index contributed by atoms with van der Waals surface area (Å²) in [5.41, 5.74) is -0.634. The molecule has 0 aliphatic carbocycles. The van der Waals surface area contributed by atoms with Crippen molar-refractivity contribution in [3.8, 4) is 0 Å². The Kier molecular flexibility index (Phi) is 10.5. The lowest BCUT2D eigenvalue weighted by Crippen LogP contribution is -2.62. The fourth-order valence-corrected chi connectivity index (χ4v) is 5.65. The molecule has 3 atom stereocenters. The van der Waals surface area contributed by atoms with E-state index in [1.54, 1.807) is 58.9 Å². The lowest BCUT2D eigenvalue weighted by molar-refractivity contribution is -0.143. The van der Waals surface area contributed by atoms with Crippen molar-refractivity contribution in [2.24, 2.45) is 0 Å². The first-order valence-corrected chi connectivity index (χ1v) is 15.6. The molecule has 0 radical (unpaired) electrons. The standard InChI is InChI=1S/C34H45N5O6/c1-33(2,3)45-32(44)39-21-13-19-27(39)30(42)38-20-12-18-26(38)29(41)37-34(4,5)31(43)36-25(22-23-14-8-6-9-15-23)28(40)35-24-16-10-7-11-17-24/h6-11,14-17,25-27H,12-13,18-22H2,1-5H3,(H,35,40)(H,36,43)(H,37,41). The Morgan fingerprint density at radius 1 is 0.822 bits per heavy atom. The molecule has 45 heavy (non-hydrogen) atoms. The van der Waals surface area contributed by atoms with E-state index >= 15 is 0 Å². The van der Waals surface area contributed by atoms with Gasteiger partial charge in [-0.3, -0.25) is 24.1 Å². The third kappa shape index (κ3) is 8.83. The lowest BCUT2D eigenvalue weighted by Gasteiger charge is -2.34. The number of carbonyl (C=O) groups excluding carboxylic acids is 5. The summed E-state index contributed by atoms with van der Waals surface area (Å²) in [6.07, 6.45) is 1.91. The van der Waals surface area contributed by atoms with E-state index in [1.807, 2.05) is 36.4 Å². The van der Waals surface area contributed by atoms with Gasteiger partial charge in [0.25, 0.3) is 0 Å². The SMILES string of the molecule is CC(C)(C)OC(=O)N1CCCC1C(=O)N1CCCC1C(=O)NC(C)(C)C(=O)NC(Cc1ccccc1)C(=O)Nc1ccccc1. The number of anilines is 1. The second-order valence-electron chi connectivity index (χ2n) is 13.2. The minimum absolute atomic E-state index is 0.246. The number of rotatable bonds is 9. The second-order valence-corrected chi connectivity index (χ2v) is 13.2. The van der Waals surface area contributed by atoms with Crippen LogP contribution in [0.3, 0.4) is 0 Å². The summed E-state index contributed by atoms with van der Waals surface area (Å²) >= 11 is 0. The second kappa shape index (κ2) is 14.1. The zero-order valence-corrected chi connectivity index (χ0v) is 26.8. The summed E-state index contributed by atoms with van der Waals surface area (Å²) in [6, 6.07) is 15.9. The quantitative estimate of drug-likeness (QED) is 0.392. The monoisotopic (exact) mass is 619 g/mol. The first-order valence-electron chi connectivity index (χ1n) is 15.6. The third-order valence-electron chi connectivity index (χ3n) is 7.95. The Labute approximate surface area is 265 Å². The zero-order chi connectivity index (χ0) is 32.8. The summed E-state index contributed by atoms with van der Waals surface area (Å²) in [5.74, 6) is -1.68.